The molecular weight excluding hydrogens is 348 g/mol. The zero-order valence-corrected chi connectivity index (χ0v) is 13.5. The van der Waals surface area contributed by atoms with E-state index in [-0.39, 0.29) is 28.1 Å². The third kappa shape index (κ3) is 3.36. The van der Waals surface area contributed by atoms with Gasteiger partial charge in [0.2, 0.25) is 0 Å². The summed E-state index contributed by atoms with van der Waals surface area (Å²) in [6.45, 7) is -2.47. The van der Waals surface area contributed by atoms with Crippen LogP contribution in [0.5, 0.6) is 5.75 Å². The Morgan fingerprint density at radius 2 is 2.24 bits per heavy atom. The fourth-order valence-electron chi connectivity index (χ4n) is 2.18. The summed E-state index contributed by atoms with van der Waals surface area (Å²) in [5, 5.41) is 23.2. The van der Waals surface area contributed by atoms with Gasteiger partial charge >= 0.3 is 5.97 Å². The van der Waals surface area contributed by atoms with E-state index in [1.165, 1.54) is 13.2 Å². The normalized spacial score (nSPS) is 12.8. The average molecular weight is 364 g/mol. The average Bonchev–Trinajstić information content (AvgIpc) is 3.11. The fourth-order valence-corrected chi connectivity index (χ4v) is 2.33. The van der Waals surface area contributed by atoms with E-state index in [0.29, 0.717) is 11.3 Å². The van der Waals surface area contributed by atoms with Crippen molar-refractivity contribution in [2.24, 2.45) is 6.98 Å². The number of hydrogen-bond acceptors (Lipinski definition) is 7. The molecule has 128 valence electrons. The summed E-state index contributed by atoms with van der Waals surface area (Å²) in [6, 6.07) is 6.22. The largest absolute Gasteiger partial charge is 0.494 e. The Bertz CT molecular complexity index is 1040. The topological polar surface area (TPSA) is 115 Å². The molecular formula is C15H13ClN6O3. The molecule has 1 aromatic carbocycles. The number of halogens is 1. The number of carboxylic acid groups (broad SMARTS) is 1. The predicted molar refractivity (Wildman–Crippen MR) is 90.3 cm³/mol. The van der Waals surface area contributed by atoms with Crippen molar-refractivity contribution < 1.29 is 18.8 Å². The monoisotopic (exact) mass is 363 g/mol. The number of aromatic carboxylic acids is 1. The Hall–Kier alpha value is -3.20. The number of methoxy groups -OCH3 is 1. The van der Waals surface area contributed by atoms with E-state index in [2.05, 4.69) is 25.6 Å². The van der Waals surface area contributed by atoms with Gasteiger partial charge in [0.15, 0.2) is 22.4 Å². The molecule has 10 heteroatoms. The Labute approximate surface area is 151 Å². The number of hydrogen-bond donors (Lipinski definition) is 2. The van der Waals surface area contributed by atoms with E-state index in [1.807, 2.05) is 0 Å². The van der Waals surface area contributed by atoms with Gasteiger partial charge in [-0.15, -0.1) is 10.2 Å². The van der Waals surface area contributed by atoms with Crippen molar-refractivity contribution >= 4 is 28.9 Å². The Morgan fingerprint density at radius 1 is 1.40 bits per heavy atom. The van der Waals surface area contributed by atoms with Gasteiger partial charge in [0.25, 0.3) is 0 Å². The highest BCUT2D eigenvalue weighted by Gasteiger charge is 2.18. The molecule has 0 aliphatic heterocycles. The maximum atomic E-state index is 11.4. The molecule has 0 amide bonds. The number of carbonyl (C=O) groups is 1. The van der Waals surface area contributed by atoms with Crippen LogP contribution in [0.1, 0.15) is 14.6 Å². The number of ether oxygens (including phenoxy) is 1. The Kier molecular flexibility index (Phi) is 3.54. The second-order valence-electron chi connectivity index (χ2n) is 4.76. The summed E-state index contributed by atoms with van der Waals surface area (Å²) in [6.07, 6.45) is 1.09. The summed E-state index contributed by atoms with van der Waals surface area (Å²) in [5.41, 5.74) is 0.544. The molecule has 0 aliphatic carbocycles. The van der Waals surface area contributed by atoms with Crippen molar-refractivity contribution in [2.75, 3.05) is 12.4 Å². The maximum absolute atomic E-state index is 11.4. The number of anilines is 2. The van der Waals surface area contributed by atoms with E-state index in [9.17, 15) is 9.90 Å². The highest BCUT2D eigenvalue weighted by Crippen LogP contribution is 2.36. The van der Waals surface area contributed by atoms with Crippen LogP contribution in [0.25, 0.3) is 11.4 Å². The van der Waals surface area contributed by atoms with Crippen molar-refractivity contribution in [1.82, 2.24) is 25.0 Å². The lowest BCUT2D eigenvalue weighted by Gasteiger charge is -2.14. The number of aromatic nitrogens is 5. The highest BCUT2D eigenvalue weighted by atomic mass is 35.5. The molecule has 0 atom stereocenters. The minimum atomic E-state index is -2.47. The summed E-state index contributed by atoms with van der Waals surface area (Å²) in [7, 11) is 1.40. The van der Waals surface area contributed by atoms with Crippen LogP contribution in [-0.2, 0) is 6.98 Å². The molecule has 25 heavy (non-hydrogen) atoms. The van der Waals surface area contributed by atoms with Gasteiger partial charge in [-0.25, -0.2) is 9.78 Å². The molecule has 9 nitrogen and oxygen atoms in total. The third-order valence-electron chi connectivity index (χ3n) is 3.19. The molecule has 3 rings (SSSR count). The van der Waals surface area contributed by atoms with Gasteiger partial charge in [0.1, 0.15) is 6.33 Å². The quantitative estimate of drug-likeness (QED) is 0.709. The predicted octanol–water partition coefficient (Wildman–Crippen LogP) is 2.38. The third-order valence-corrected chi connectivity index (χ3v) is 3.37. The summed E-state index contributed by atoms with van der Waals surface area (Å²) in [5.74, 6) is -0.893. The van der Waals surface area contributed by atoms with Crippen molar-refractivity contribution in [3.63, 3.8) is 0 Å². The summed E-state index contributed by atoms with van der Waals surface area (Å²) < 4.78 is 28.4. The van der Waals surface area contributed by atoms with E-state index in [0.717, 1.165) is 11.0 Å². The molecule has 0 spiro atoms. The van der Waals surface area contributed by atoms with Crippen molar-refractivity contribution in [2.45, 2.75) is 0 Å². The van der Waals surface area contributed by atoms with Crippen molar-refractivity contribution in [1.29, 1.82) is 0 Å². The number of nitrogens with zero attached hydrogens (tertiary/aromatic N) is 5. The van der Waals surface area contributed by atoms with Gasteiger partial charge < -0.3 is 15.2 Å². The maximum Gasteiger partial charge on any atom is 0.358 e. The lowest BCUT2D eigenvalue weighted by Crippen LogP contribution is -2.08. The lowest BCUT2D eigenvalue weighted by atomic mass is 10.1. The molecule has 0 fully saturated rings. The standard InChI is InChI=1S/C15H13ClN6O3/c1-22-7-17-14(21-22)8-4-3-5-9(13(8)25-2)18-10-6-11(16)19-20-12(10)15(23)24/h3-7H,1-2H3,(H,18,19)(H,23,24)/i1D3. The lowest BCUT2D eigenvalue weighted by molar-refractivity contribution is 0.0690. The molecule has 0 unspecified atom stereocenters. The molecule has 0 saturated carbocycles. The first-order valence-electron chi connectivity index (χ1n) is 8.33. The summed E-state index contributed by atoms with van der Waals surface area (Å²) >= 11 is 5.82. The zero-order chi connectivity index (χ0) is 20.5. The molecule has 2 aromatic heterocycles. The fraction of sp³-hybridized carbons (Fsp3) is 0.133. The molecule has 0 saturated heterocycles. The molecule has 0 radical (unpaired) electrons. The molecule has 0 aliphatic rings. The van der Waals surface area contributed by atoms with E-state index in [1.54, 1.807) is 18.2 Å². The van der Waals surface area contributed by atoms with Crippen LogP contribution in [0.4, 0.5) is 11.4 Å². The van der Waals surface area contributed by atoms with Gasteiger partial charge in [-0.2, -0.15) is 5.10 Å². The number of rotatable bonds is 5. The van der Waals surface area contributed by atoms with Gasteiger partial charge in [0.05, 0.1) is 24.0 Å². The minimum Gasteiger partial charge on any atom is -0.494 e. The van der Waals surface area contributed by atoms with E-state index < -0.39 is 12.9 Å². The van der Waals surface area contributed by atoms with Gasteiger partial charge in [-0.3, -0.25) is 4.68 Å². The second kappa shape index (κ2) is 6.73. The van der Waals surface area contributed by atoms with Crippen molar-refractivity contribution in [3.8, 4) is 17.1 Å². The summed E-state index contributed by atoms with van der Waals surface area (Å²) in [4.78, 5) is 15.4. The first-order valence-corrected chi connectivity index (χ1v) is 7.21. The van der Waals surface area contributed by atoms with Crippen LogP contribution >= 0.6 is 11.6 Å². The smallest absolute Gasteiger partial charge is 0.358 e. The number of carboxylic acids is 1. The van der Waals surface area contributed by atoms with Crippen LogP contribution in [0.3, 0.4) is 0 Å². The number of para-hydroxylation sites is 1. The molecule has 2 N–H and O–H groups in total. The number of nitrogens with one attached hydrogen (secondary N) is 1. The zero-order valence-electron chi connectivity index (χ0n) is 15.8. The van der Waals surface area contributed by atoms with Gasteiger partial charge in [0, 0.05) is 17.2 Å². The van der Waals surface area contributed by atoms with E-state index in [4.69, 9.17) is 20.5 Å². The van der Waals surface area contributed by atoms with Crippen LogP contribution in [0.15, 0.2) is 30.6 Å². The highest BCUT2D eigenvalue weighted by molar-refractivity contribution is 6.29. The van der Waals surface area contributed by atoms with Crippen LogP contribution in [-0.4, -0.2) is 43.1 Å². The SMILES string of the molecule is [2H]C([2H])([2H])n1cnc(-c2cccc(Nc3cc(Cl)nnc3C(=O)O)c2OC)n1. The molecule has 2 heterocycles. The van der Waals surface area contributed by atoms with Crippen LogP contribution in [0, 0.1) is 0 Å². The number of benzene rings is 1. The van der Waals surface area contributed by atoms with Crippen molar-refractivity contribution in [3.05, 3.63) is 41.4 Å². The van der Waals surface area contributed by atoms with Crippen LogP contribution < -0.4 is 10.1 Å². The second-order valence-corrected chi connectivity index (χ2v) is 5.15. The van der Waals surface area contributed by atoms with E-state index >= 15 is 0 Å². The molecule has 0 bridgehead atoms. The minimum absolute atomic E-state index is 0.000656. The Balaban J connectivity index is 2.06. The van der Waals surface area contributed by atoms with Crippen LogP contribution in [0.2, 0.25) is 5.15 Å². The van der Waals surface area contributed by atoms with Gasteiger partial charge in [-0.05, 0) is 12.1 Å². The first-order chi connectivity index (χ1) is 13.2. The van der Waals surface area contributed by atoms with Gasteiger partial charge in [-0.1, -0.05) is 17.7 Å². The first kappa shape index (κ1) is 13.1. The molecule has 3 aromatic rings. The Morgan fingerprint density at radius 3 is 2.92 bits per heavy atom. The number of aryl methyl sites for hydroxylation is 1.